The van der Waals surface area contributed by atoms with Crippen molar-refractivity contribution in [1.82, 2.24) is 10.6 Å². The monoisotopic (exact) mass is 320 g/mol. The Morgan fingerprint density at radius 1 is 1.04 bits per heavy atom. The molecule has 1 aromatic carbocycles. The molecule has 0 radical (unpaired) electrons. The topological polar surface area (TPSA) is 42.5 Å². The van der Waals surface area contributed by atoms with Gasteiger partial charge in [-0.15, -0.1) is 0 Å². The van der Waals surface area contributed by atoms with Gasteiger partial charge in [-0.05, 0) is 58.2 Å². The fraction of sp³-hybridized carbons (Fsp3) is 0.684. The molecule has 0 unspecified atom stereocenters. The lowest BCUT2D eigenvalue weighted by Crippen LogP contribution is -2.61. The second kappa shape index (κ2) is 7.65. The third kappa shape index (κ3) is 6.13. The van der Waals surface area contributed by atoms with Gasteiger partial charge >= 0.3 is 0 Å². The van der Waals surface area contributed by atoms with E-state index in [2.05, 4.69) is 50.5 Å². The summed E-state index contributed by atoms with van der Waals surface area (Å²) in [5, 5.41) is 7.45. The maximum absolute atomic E-state index is 5.60. The van der Waals surface area contributed by atoms with E-state index in [-0.39, 0.29) is 11.1 Å². The van der Waals surface area contributed by atoms with Gasteiger partial charge in [-0.3, -0.25) is 0 Å². The molecule has 1 aromatic rings. The summed E-state index contributed by atoms with van der Waals surface area (Å²) in [6.07, 6.45) is 2.29. The van der Waals surface area contributed by atoms with E-state index in [1.54, 1.807) is 7.11 Å². The Kier molecular flexibility index (Phi) is 6.06. The zero-order valence-corrected chi connectivity index (χ0v) is 15.2. The van der Waals surface area contributed by atoms with Crippen molar-refractivity contribution in [3.05, 3.63) is 29.8 Å². The number of piperidine rings is 1. The van der Waals surface area contributed by atoms with Crippen molar-refractivity contribution in [3.8, 4) is 5.75 Å². The molecule has 23 heavy (non-hydrogen) atoms. The molecule has 0 aromatic heterocycles. The predicted molar refractivity (Wildman–Crippen MR) is 95.0 cm³/mol. The zero-order chi connectivity index (χ0) is 16.9. The molecule has 0 aliphatic carbocycles. The average molecular weight is 320 g/mol. The maximum atomic E-state index is 5.60. The van der Waals surface area contributed by atoms with Gasteiger partial charge in [-0.1, -0.05) is 12.1 Å². The van der Waals surface area contributed by atoms with Crippen molar-refractivity contribution in [3.63, 3.8) is 0 Å². The zero-order valence-electron chi connectivity index (χ0n) is 15.2. The van der Waals surface area contributed by atoms with Crippen molar-refractivity contribution in [1.29, 1.82) is 0 Å². The lowest BCUT2D eigenvalue weighted by molar-refractivity contribution is 0.145. The van der Waals surface area contributed by atoms with Crippen LogP contribution in [-0.2, 0) is 11.3 Å². The molecule has 4 nitrogen and oxygen atoms in total. The normalized spacial score (nSPS) is 20.4. The maximum Gasteiger partial charge on any atom is 0.119 e. The van der Waals surface area contributed by atoms with Crippen LogP contribution >= 0.6 is 0 Å². The lowest BCUT2D eigenvalue weighted by atomic mass is 9.79. The van der Waals surface area contributed by atoms with E-state index in [0.717, 1.165) is 25.1 Å². The number of ether oxygens (including phenoxy) is 2. The number of hydrogen-bond donors (Lipinski definition) is 2. The Hall–Kier alpha value is -1.10. The van der Waals surface area contributed by atoms with E-state index in [1.165, 1.54) is 5.56 Å². The first kappa shape index (κ1) is 18.2. The van der Waals surface area contributed by atoms with E-state index < -0.39 is 0 Å². The van der Waals surface area contributed by atoms with E-state index in [0.29, 0.717) is 19.3 Å². The highest BCUT2D eigenvalue weighted by atomic mass is 16.5. The summed E-state index contributed by atoms with van der Waals surface area (Å²) in [6, 6.07) is 8.86. The summed E-state index contributed by atoms with van der Waals surface area (Å²) in [5.74, 6) is 0.898. The molecule has 0 bridgehead atoms. The Morgan fingerprint density at radius 2 is 1.65 bits per heavy atom. The second-order valence-electron chi connectivity index (χ2n) is 7.86. The molecular formula is C19H32N2O2. The van der Waals surface area contributed by atoms with Crippen LogP contribution in [0.1, 0.15) is 46.1 Å². The van der Waals surface area contributed by atoms with Gasteiger partial charge in [0.2, 0.25) is 0 Å². The summed E-state index contributed by atoms with van der Waals surface area (Å²) in [5.41, 5.74) is 1.65. The van der Waals surface area contributed by atoms with Gasteiger partial charge in [-0.2, -0.15) is 0 Å². The van der Waals surface area contributed by atoms with Crippen molar-refractivity contribution < 1.29 is 9.47 Å². The Balaban J connectivity index is 1.83. The molecular weight excluding hydrogens is 288 g/mol. The summed E-state index contributed by atoms with van der Waals surface area (Å²) in [6.45, 7) is 11.3. The number of hydrogen-bond acceptors (Lipinski definition) is 4. The van der Waals surface area contributed by atoms with Crippen molar-refractivity contribution in [2.75, 3.05) is 20.3 Å². The van der Waals surface area contributed by atoms with Gasteiger partial charge < -0.3 is 20.1 Å². The van der Waals surface area contributed by atoms with Crippen LogP contribution in [0.5, 0.6) is 5.75 Å². The van der Waals surface area contributed by atoms with Gasteiger partial charge in [0, 0.05) is 30.8 Å². The lowest BCUT2D eigenvalue weighted by Gasteiger charge is -2.46. The molecule has 2 rings (SSSR count). The van der Waals surface area contributed by atoms with Gasteiger partial charge in [0.15, 0.2) is 0 Å². The molecule has 0 atom stereocenters. The highest BCUT2D eigenvalue weighted by Gasteiger charge is 2.37. The van der Waals surface area contributed by atoms with Crippen LogP contribution in [0, 0.1) is 0 Å². The number of nitrogens with one attached hydrogen (secondary N) is 2. The first-order valence-corrected chi connectivity index (χ1v) is 8.53. The third-order valence-corrected chi connectivity index (χ3v) is 4.26. The quantitative estimate of drug-likeness (QED) is 0.758. The summed E-state index contributed by atoms with van der Waals surface area (Å²) >= 11 is 0. The molecule has 0 saturated carbocycles. The molecule has 4 heteroatoms. The third-order valence-electron chi connectivity index (χ3n) is 4.26. The summed E-state index contributed by atoms with van der Waals surface area (Å²) < 4.78 is 10.6. The van der Waals surface area contributed by atoms with Crippen LogP contribution in [-0.4, -0.2) is 37.4 Å². The van der Waals surface area contributed by atoms with Crippen LogP contribution in [0.2, 0.25) is 0 Å². The molecule has 1 aliphatic heterocycles. The van der Waals surface area contributed by atoms with E-state index in [4.69, 9.17) is 9.47 Å². The van der Waals surface area contributed by atoms with Crippen molar-refractivity contribution in [2.24, 2.45) is 0 Å². The Bertz CT molecular complexity index is 467. The molecule has 1 saturated heterocycles. The first-order valence-electron chi connectivity index (χ1n) is 8.53. The molecule has 0 amide bonds. The number of methoxy groups -OCH3 is 1. The molecule has 130 valence electrons. The predicted octanol–water partition coefficient (Wildman–Crippen LogP) is 3.11. The SMILES string of the molecule is COCCOc1ccc(CNC2CC(C)(C)NC(C)(C)C2)cc1. The first-order chi connectivity index (χ1) is 10.8. The van der Waals surface area contributed by atoms with E-state index in [9.17, 15) is 0 Å². The minimum absolute atomic E-state index is 0.179. The molecule has 0 spiro atoms. The summed E-state index contributed by atoms with van der Waals surface area (Å²) in [4.78, 5) is 0. The van der Waals surface area contributed by atoms with Crippen molar-refractivity contribution in [2.45, 2.75) is 64.2 Å². The van der Waals surface area contributed by atoms with Crippen LogP contribution in [0.25, 0.3) is 0 Å². The Labute approximate surface area is 140 Å². The van der Waals surface area contributed by atoms with Crippen LogP contribution in [0.4, 0.5) is 0 Å². The standard InChI is InChI=1S/C19H32N2O2/c1-18(2)12-16(13-19(3,4)21-18)20-14-15-6-8-17(9-7-15)23-11-10-22-5/h6-9,16,20-21H,10-14H2,1-5H3. The van der Waals surface area contributed by atoms with Crippen LogP contribution in [0.15, 0.2) is 24.3 Å². The second-order valence-corrected chi connectivity index (χ2v) is 7.86. The smallest absolute Gasteiger partial charge is 0.119 e. The van der Waals surface area contributed by atoms with Gasteiger partial charge in [0.25, 0.3) is 0 Å². The highest BCUT2D eigenvalue weighted by Crippen LogP contribution is 2.28. The average Bonchev–Trinajstić information content (AvgIpc) is 2.43. The number of rotatable bonds is 7. The van der Waals surface area contributed by atoms with E-state index >= 15 is 0 Å². The summed E-state index contributed by atoms with van der Waals surface area (Å²) in [7, 11) is 1.68. The molecule has 1 fully saturated rings. The van der Waals surface area contributed by atoms with Gasteiger partial charge in [0.05, 0.1) is 6.61 Å². The van der Waals surface area contributed by atoms with Gasteiger partial charge in [-0.25, -0.2) is 0 Å². The largest absolute Gasteiger partial charge is 0.491 e. The minimum Gasteiger partial charge on any atom is -0.491 e. The fourth-order valence-corrected chi connectivity index (χ4v) is 3.68. The van der Waals surface area contributed by atoms with Crippen LogP contribution < -0.4 is 15.4 Å². The van der Waals surface area contributed by atoms with Crippen LogP contribution in [0.3, 0.4) is 0 Å². The van der Waals surface area contributed by atoms with Crippen molar-refractivity contribution >= 4 is 0 Å². The molecule has 1 aliphatic rings. The molecule has 1 heterocycles. The highest BCUT2D eigenvalue weighted by molar-refractivity contribution is 5.27. The molecule has 2 N–H and O–H groups in total. The number of benzene rings is 1. The minimum atomic E-state index is 0.179. The van der Waals surface area contributed by atoms with Gasteiger partial charge in [0.1, 0.15) is 12.4 Å². The van der Waals surface area contributed by atoms with E-state index in [1.807, 2.05) is 12.1 Å². The fourth-order valence-electron chi connectivity index (χ4n) is 3.68. The Morgan fingerprint density at radius 3 is 2.22 bits per heavy atom.